The molecule has 0 amide bonds. The van der Waals surface area contributed by atoms with Crippen LogP contribution in [-0.4, -0.2) is 19.8 Å². The molecule has 0 spiro atoms. The Bertz CT molecular complexity index is 306. The van der Waals surface area contributed by atoms with Crippen LogP contribution in [0.15, 0.2) is 22.7 Å². The lowest BCUT2D eigenvalue weighted by molar-refractivity contribution is 0.128. The van der Waals surface area contributed by atoms with E-state index in [1.54, 1.807) is 19.2 Å². The Morgan fingerprint density at radius 1 is 1.57 bits per heavy atom. The van der Waals surface area contributed by atoms with Crippen LogP contribution in [0.5, 0.6) is 0 Å². The highest BCUT2D eigenvalue weighted by molar-refractivity contribution is 9.10. The molecule has 2 nitrogen and oxygen atoms in total. The molecule has 4 heteroatoms. The second-order valence-electron chi connectivity index (χ2n) is 3.05. The lowest BCUT2D eigenvalue weighted by atomic mass is 10.3. The quantitative estimate of drug-likeness (QED) is 0.900. The van der Waals surface area contributed by atoms with Gasteiger partial charge in [-0.15, -0.1) is 0 Å². The van der Waals surface area contributed by atoms with Crippen molar-refractivity contribution in [2.24, 2.45) is 0 Å². The summed E-state index contributed by atoms with van der Waals surface area (Å²) in [6.07, 6.45) is 0.0633. The predicted molar refractivity (Wildman–Crippen MR) is 59.1 cm³/mol. The first-order valence-electron chi connectivity index (χ1n) is 4.35. The molecule has 1 atom stereocenters. The molecule has 0 bridgehead atoms. The lowest BCUT2D eigenvalue weighted by Crippen LogP contribution is -2.18. The van der Waals surface area contributed by atoms with Crippen LogP contribution in [0.4, 0.5) is 10.1 Å². The summed E-state index contributed by atoms with van der Waals surface area (Å²) < 4.78 is 19.1. The topological polar surface area (TPSA) is 21.3 Å². The number of anilines is 1. The molecule has 0 fully saturated rings. The number of hydrogen-bond acceptors (Lipinski definition) is 2. The third-order valence-corrected chi connectivity index (χ3v) is 2.40. The molecule has 0 aliphatic carbocycles. The van der Waals surface area contributed by atoms with E-state index in [2.05, 4.69) is 21.2 Å². The Balaban J connectivity index is 2.62. The maximum atomic E-state index is 13.2. The molecular weight excluding hydrogens is 249 g/mol. The van der Waals surface area contributed by atoms with Crippen molar-refractivity contribution in [1.82, 2.24) is 0 Å². The van der Waals surface area contributed by atoms with Crippen LogP contribution in [0.2, 0.25) is 0 Å². The number of halogens is 2. The molecule has 78 valence electrons. The smallest absolute Gasteiger partial charge is 0.146 e. The van der Waals surface area contributed by atoms with Crippen LogP contribution in [-0.2, 0) is 4.74 Å². The molecule has 0 radical (unpaired) electrons. The van der Waals surface area contributed by atoms with Crippen LogP contribution >= 0.6 is 15.9 Å². The summed E-state index contributed by atoms with van der Waals surface area (Å²) in [7, 11) is 1.63. The van der Waals surface area contributed by atoms with Crippen molar-refractivity contribution in [2.45, 2.75) is 13.0 Å². The van der Waals surface area contributed by atoms with Gasteiger partial charge in [0.05, 0.1) is 11.8 Å². The monoisotopic (exact) mass is 261 g/mol. The summed E-state index contributed by atoms with van der Waals surface area (Å²) in [4.78, 5) is 0. The summed E-state index contributed by atoms with van der Waals surface area (Å²) >= 11 is 3.28. The van der Waals surface area contributed by atoms with Crippen molar-refractivity contribution in [3.63, 3.8) is 0 Å². The summed E-state index contributed by atoms with van der Waals surface area (Å²) in [6, 6.07) is 4.79. The first kappa shape index (κ1) is 11.5. The Hall–Kier alpha value is -0.610. The zero-order valence-corrected chi connectivity index (χ0v) is 9.77. The largest absolute Gasteiger partial charge is 0.380 e. The number of nitrogens with one attached hydrogen (secondary N) is 1. The number of ether oxygens (including phenoxy) is 1. The van der Waals surface area contributed by atoms with Gasteiger partial charge in [0, 0.05) is 18.1 Å². The van der Waals surface area contributed by atoms with E-state index >= 15 is 0 Å². The molecule has 0 heterocycles. The predicted octanol–water partition coefficient (Wildman–Crippen LogP) is 3.04. The standard InChI is InChI=1S/C10H13BrFNO/c1-7(14-2)6-13-10-5-8(11)3-4-9(10)12/h3-5,7,13H,6H2,1-2H3. The molecule has 0 aliphatic rings. The second-order valence-corrected chi connectivity index (χ2v) is 3.97. The SMILES string of the molecule is COC(C)CNc1cc(Br)ccc1F. The van der Waals surface area contributed by atoms with Crippen LogP contribution in [0.3, 0.4) is 0 Å². The molecule has 14 heavy (non-hydrogen) atoms. The fourth-order valence-electron chi connectivity index (χ4n) is 0.970. The van der Waals surface area contributed by atoms with Gasteiger partial charge in [-0.25, -0.2) is 4.39 Å². The Labute approximate surface area is 91.6 Å². The second kappa shape index (κ2) is 5.32. The van der Waals surface area contributed by atoms with Crippen molar-refractivity contribution >= 4 is 21.6 Å². The Kier molecular flexibility index (Phi) is 4.35. The summed E-state index contributed by atoms with van der Waals surface area (Å²) in [5.41, 5.74) is 0.489. The fourth-order valence-corrected chi connectivity index (χ4v) is 1.33. The highest BCUT2D eigenvalue weighted by Gasteiger charge is 2.04. The first-order valence-corrected chi connectivity index (χ1v) is 5.14. The minimum absolute atomic E-state index is 0.0633. The van der Waals surface area contributed by atoms with Crippen LogP contribution in [0.1, 0.15) is 6.92 Å². The molecule has 1 aromatic carbocycles. The van der Waals surface area contributed by atoms with Gasteiger partial charge >= 0.3 is 0 Å². The number of hydrogen-bond donors (Lipinski definition) is 1. The lowest BCUT2D eigenvalue weighted by Gasteiger charge is -2.12. The van der Waals surface area contributed by atoms with Gasteiger partial charge in [0.25, 0.3) is 0 Å². The molecule has 1 rings (SSSR count). The highest BCUT2D eigenvalue weighted by atomic mass is 79.9. The van der Waals surface area contributed by atoms with Gasteiger partial charge in [0.2, 0.25) is 0 Å². The third-order valence-electron chi connectivity index (χ3n) is 1.91. The zero-order chi connectivity index (χ0) is 10.6. The minimum atomic E-state index is -0.253. The van der Waals surface area contributed by atoms with E-state index in [0.717, 1.165) is 4.47 Å². The number of methoxy groups -OCH3 is 1. The maximum Gasteiger partial charge on any atom is 0.146 e. The minimum Gasteiger partial charge on any atom is -0.380 e. The molecule has 1 N–H and O–H groups in total. The van der Waals surface area contributed by atoms with Crippen molar-refractivity contribution in [1.29, 1.82) is 0 Å². The highest BCUT2D eigenvalue weighted by Crippen LogP contribution is 2.19. The van der Waals surface area contributed by atoms with Gasteiger partial charge in [-0.05, 0) is 25.1 Å². The van der Waals surface area contributed by atoms with Gasteiger partial charge in [0.1, 0.15) is 5.82 Å². The van der Waals surface area contributed by atoms with Crippen molar-refractivity contribution in [2.75, 3.05) is 19.0 Å². The van der Waals surface area contributed by atoms with Crippen molar-refractivity contribution in [3.8, 4) is 0 Å². The molecule has 0 saturated carbocycles. The Morgan fingerprint density at radius 3 is 2.93 bits per heavy atom. The zero-order valence-electron chi connectivity index (χ0n) is 8.18. The number of benzene rings is 1. The van der Waals surface area contributed by atoms with E-state index in [1.807, 2.05) is 6.92 Å². The summed E-state index contributed by atoms with van der Waals surface area (Å²) in [5, 5.41) is 2.97. The Morgan fingerprint density at radius 2 is 2.29 bits per heavy atom. The molecule has 0 aromatic heterocycles. The normalized spacial score (nSPS) is 12.6. The van der Waals surface area contributed by atoms with Gasteiger partial charge in [-0.1, -0.05) is 15.9 Å². The van der Waals surface area contributed by atoms with Gasteiger partial charge in [0.15, 0.2) is 0 Å². The van der Waals surface area contributed by atoms with Gasteiger partial charge in [-0.2, -0.15) is 0 Å². The maximum absolute atomic E-state index is 13.2. The van der Waals surface area contributed by atoms with E-state index in [0.29, 0.717) is 12.2 Å². The van der Waals surface area contributed by atoms with E-state index in [9.17, 15) is 4.39 Å². The van der Waals surface area contributed by atoms with Gasteiger partial charge < -0.3 is 10.1 Å². The van der Waals surface area contributed by atoms with Crippen LogP contribution in [0, 0.1) is 5.82 Å². The summed E-state index contributed by atoms with van der Waals surface area (Å²) in [5.74, 6) is -0.253. The summed E-state index contributed by atoms with van der Waals surface area (Å²) in [6.45, 7) is 2.51. The van der Waals surface area contributed by atoms with E-state index in [4.69, 9.17) is 4.74 Å². The average Bonchev–Trinajstić information content (AvgIpc) is 2.19. The first-order chi connectivity index (χ1) is 6.63. The molecule has 0 aliphatic heterocycles. The fraction of sp³-hybridized carbons (Fsp3) is 0.400. The average molecular weight is 262 g/mol. The molecule has 1 aromatic rings. The van der Waals surface area contributed by atoms with E-state index in [1.165, 1.54) is 6.07 Å². The molecule has 0 saturated heterocycles. The van der Waals surface area contributed by atoms with E-state index in [-0.39, 0.29) is 11.9 Å². The van der Waals surface area contributed by atoms with Crippen LogP contribution in [0.25, 0.3) is 0 Å². The van der Waals surface area contributed by atoms with Gasteiger partial charge in [-0.3, -0.25) is 0 Å². The molecular formula is C10H13BrFNO. The third kappa shape index (κ3) is 3.27. The van der Waals surface area contributed by atoms with Crippen molar-refractivity contribution < 1.29 is 9.13 Å². The van der Waals surface area contributed by atoms with Crippen LogP contribution < -0.4 is 5.32 Å². The molecule has 1 unspecified atom stereocenters. The number of rotatable bonds is 4. The van der Waals surface area contributed by atoms with E-state index < -0.39 is 0 Å². The van der Waals surface area contributed by atoms with Crippen molar-refractivity contribution in [3.05, 3.63) is 28.5 Å².